The number of carbonyl (C=O) groups is 2. The van der Waals surface area contributed by atoms with Crippen LogP contribution in [-0.4, -0.2) is 27.8 Å². The molecule has 0 rings (SSSR count). The van der Waals surface area contributed by atoms with Gasteiger partial charge in [0, 0.05) is 0 Å². The molecule has 0 unspecified atom stereocenters. The van der Waals surface area contributed by atoms with Crippen molar-refractivity contribution in [1.82, 2.24) is 0 Å². The van der Waals surface area contributed by atoms with E-state index in [0.29, 0.717) is 12.8 Å². The van der Waals surface area contributed by atoms with Crippen LogP contribution >= 0.6 is 0 Å². The van der Waals surface area contributed by atoms with Crippen LogP contribution in [0.15, 0.2) is 0 Å². The summed E-state index contributed by atoms with van der Waals surface area (Å²) in [7, 11) is 0. The SMILES string of the molecule is CCCCCCCCCCCCCCCCCCCCCC(=O)[O][Al+][O]C(=O)CCCCCCCCCCCCCCCCCCCCC. The van der Waals surface area contributed by atoms with Gasteiger partial charge in [-0.25, -0.2) is 0 Å². The molecule has 0 aromatic rings. The molecule has 288 valence electrons. The monoisotopic (exact) mass is 706 g/mol. The van der Waals surface area contributed by atoms with E-state index in [-0.39, 0.29) is 11.9 Å². The molecule has 0 bridgehead atoms. The molecule has 0 radical (unpaired) electrons. The Labute approximate surface area is 314 Å². The second kappa shape index (κ2) is 43.6. The fraction of sp³-hybridized carbons (Fsp3) is 0.955. The first-order valence-electron chi connectivity index (χ1n) is 22.4. The maximum absolute atomic E-state index is 12.0. The summed E-state index contributed by atoms with van der Waals surface area (Å²) >= 11 is -1.00. The Morgan fingerprint density at radius 3 is 0.633 bits per heavy atom. The summed E-state index contributed by atoms with van der Waals surface area (Å²) < 4.78 is 10.4. The zero-order chi connectivity index (χ0) is 35.6. The Balaban J connectivity index is 3.24. The molecule has 0 spiro atoms. The van der Waals surface area contributed by atoms with E-state index in [2.05, 4.69) is 13.8 Å². The van der Waals surface area contributed by atoms with E-state index >= 15 is 0 Å². The van der Waals surface area contributed by atoms with Crippen LogP contribution in [-0.2, 0) is 17.2 Å². The van der Waals surface area contributed by atoms with E-state index in [1.165, 1.54) is 218 Å². The molecule has 0 atom stereocenters. The zero-order valence-corrected chi connectivity index (χ0v) is 34.6. The normalized spacial score (nSPS) is 11.1. The van der Waals surface area contributed by atoms with Crippen LogP contribution < -0.4 is 0 Å². The minimum absolute atomic E-state index is 0.210. The molecular formula is C44H86AlO4+. The fourth-order valence-electron chi connectivity index (χ4n) is 6.94. The minimum atomic E-state index is -1.00. The Bertz CT molecular complexity index is 601. The van der Waals surface area contributed by atoms with Gasteiger partial charge in [-0.1, -0.05) is 142 Å². The van der Waals surface area contributed by atoms with Crippen LogP contribution in [0, 0.1) is 0 Å². The van der Waals surface area contributed by atoms with E-state index in [9.17, 15) is 9.59 Å². The molecule has 0 heterocycles. The van der Waals surface area contributed by atoms with E-state index in [0.717, 1.165) is 25.7 Å². The van der Waals surface area contributed by atoms with Gasteiger partial charge >= 0.3 is 173 Å². The van der Waals surface area contributed by atoms with Crippen molar-refractivity contribution in [3.05, 3.63) is 0 Å². The molecular weight excluding hydrogens is 619 g/mol. The molecule has 49 heavy (non-hydrogen) atoms. The first-order valence-corrected chi connectivity index (χ1v) is 23.4. The number of hydrogen-bond acceptors (Lipinski definition) is 4. The third kappa shape index (κ3) is 43.6. The number of unbranched alkanes of at least 4 members (excludes halogenated alkanes) is 36. The number of rotatable bonds is 42. The van der Waals surface area contributed by atoms with Crippen LogP contribution in [0.25, 0.3) is 0 Å². The summed E-state index contributed by atoms with van der Waals surface area (Å²) in [6.45, 7) is 4.58. The minimum Gasteiger partial charge on any atom is -0.0654 e. The van der Waals surface area contributed by atoms with E-state index < -0.39 is 15.9 Å². The Morgan fingerprint density at radius 2 is 0.449 bits per heavy atom. The number of hydrogen-bond donors (Lipinski definition) is 0. The quantitative estimate of drug-likeness (QED) is 0.0469. The van der Waals surface area contributed by atoms with Crippen LogP contribution in [0.3, 0.4) is 0 Å². The van der Waals surface area contributed by atoms with Crippen molar-refractivity contribution in [3.63, 3.8) is 0 Å². The van der Waals surface area contributed by atoms with Gasteiger partial charge in [-0.05, 0) is 0 Å². The first-order chi connectivity index (χ1) is 24.2. The van der Waals surface area contributed by atoms with Crippen molar-refractivity contribution < 1.29 is 17.2 Å². The van der Waals surface area contributed by atoms with Gasteiger partial charge in [-0.3, -0.25) is 0 Å². The smallest absolute Gasteiger partial charge is 0.0654 e. The average molecular weight is 706 g/mol. The molecule has 0 aromatic heterocycles. The van der Waals surface area contributed by atoms with Crippen molar-refractivity contribution in [2.75, 3.05) is 0 Å². The fourth-order valence-corrected chi connectivity index (χ4v) is 7.44. The Hall–Kier alpha value is -0.528. The Morgan fingerprint density at radius 1 is 0.286 bits per heavy atom. The second-order valence-corrected chi connectivity index (χ2v) is 16.0. The molecule has 0 N–H and O–H groups in total. The van der Waals surface area contributed by atoms with Crippen molar-refractivity contribution in [3.8, 4) is 0 Å². The van der Waals surface area contributed by atoms with Gasteiger partial charge in [-0.15, -0.1) is 0 Å². The maximum atomic E-state index is 12.0. The molecule has 0 fully saturated rings. The van der Waals surface area contributed by atoms with Crippen molar-refractivity contribution in [1.29, 1.82) is 0 Å². The first kappa shape index (κ1) is 48.5. The van der Waals surface area contributed by atoms with Gasteiger partial charge in [0.25, 0.3) is 0 Å². The molecule has 0 aliphatic heterocycles. The van der Waals surface area contributed by atoms with Crippen LogP contribution in [0.5, 0.6) is 0 Å². The topological polar surface area (TPSA) is 52.6 Å². The van der Waals surface area contributed by atoms with Crippen LogP contribution in [0.4, 0.5) is 0 Å². The summed E-state index contributed by atoms with van der Waals surface area (Å²) in [6, 6.07) is 0. The van der Waals surface area contributed by atoms with Gasteiger partial charge in [0.1, 0.15) is 0 Å². The van der Waals surface area contributed by atoms with Gasteiger partial charge < -0.3 is 0 Å². The molecule has 0 saturated carbocycles. The van der Waals surface area contributed by atoms with Gasteiger partial charge in [0.05, 0.1) is 0 Å². The summed E-state index contributed by atoms with van der Waals surface area (Å²) in [5, 5.41) is 0. The van der Waals surface area contributed by atoms with E-state index in [1.54, 1.807) is 0 Å². The van der Waals surface area contributed by atoms with Crippen molar-refractivity contribution in [2.45, 2.75) is 271 Å². The molecule has 0 amide bonds. The van der Waals surface area contributed by atoms with Gasteiger partial charge in [0.2, 0.25) is 0 Å². The van der Waals surface area contributed by atoms with Crippen molar-refractivity contribution >= 4 is 27.8 Å². The van der Waals surface area contributed by atoms with Crippen LogP contribution in [0.1, 0.15) is 271 Å². The van der Waals surface area contributed by atoms with Crippen LogP contribution in [0.2, 0.25) is 0 Å². The van der Waals surface area contributed by atoms with Gasteiger partial charge in [-0.2, -0.15) is 0 Å². The molecule has 4 nitrogen and oxygen atoms in total. The molecule has 0 saturated heterocycles. The summed E-state index contributed by atoms with van der Waals surface area (Å²) in [6.07, 6.45) is 52.0. The summed E-state index contributed by atoms with van der Waals surface area (Å²) in [4.78, 5) is 23.9. The standard InChI is InChI=1S/2C22H44O2.Al/c2*1-2-3-4-5-6-7-8-9-10-11-12-13-14-15-16-17-18-19-20-21-22(23)24;/h2*2-21H2,1H3,(H,23,24);/q;;+3/p-2. The Kier molecular flexibility index (Phi) is 43.2. The summed E-state index contributed by atoms with van der Waals surface area (Å²) in [5.74, 6) is -0.420. The predicted octanol–water partition coefficient (Wildman–Crippen LogP) is 15.3. The number of carbonyl (C=O) groups excluding carboxylic acids is 2. The van der Waals surface area contributed by atoms with E-state index in [1.807, 2.05) is 0 Å². The molecule has 0 aliphatic rings. The zero-order valence-electron chi connectivity index (χ0n) is 33.5. The predicted molar refractivity (Wildman–Crippen MR) is 214 cm³/mol. The third-order valence-electron chi connectivity index (χ3n) is 10.3. The third-order valence-corrected chi connectivity index (χ3v) is 11.0. The van der Waals surface area contributed by atoms with Crippen molar-refractivity contribution in [2.24, 2.45) is 0 Å². The molecule has 0 aliphatic carbocycles. The second-order valence-electron chi connectivity index (χ2n) is 15.3. The molecule has 5 heteroatoms. The average Bonchev–Trinajstić information content (AvgIpc) is 3.10. The van der Waals surface area contributed by atoms with E-state index in [4.69, 9.17) is 7.58 Å². The van der Waals surface area contributed by atoms with Gasteiger partial charge in [0.15, 0.2) is 0 Å². The molecule has 0 aromatic carbocycles. The summed E-state index contributed by atoms with van der Waals surface area (Å²) in [5.41, 5.74) is 0.